The molecule has 0 aromatic heterocycles. The van der Waals surface area contributed by atoms with Crippen LogP contribution in [0.3, 0.4) is 0 Å². The van der Waals surface area contributed by atoms with Crippen LogP contribution in [0, 0.1) is 0 Å². The quantitative estimate of drug-likeness (QED) is 0.382. The Labute approximate surface area is 116 Å². The molecule has 0 amide bonds. The van der Waals surface area contributed by atoms with Crippen LogP contribution in [0.2, 0.25) is 0 Å². The van der Waals surface area contributed by atoms with Gasteiger partial charge in [-0.2, -0.15) is 0 Å². The van der Waals surface area contributed by atoms with Gasteiger partial charge in [-0.3, -0.25) is 4.52 Å². The molecule has 0 fully saturated rings. The summed E-state index contributed by atoms with van der Waals surface area (Å²) in [6.45, 7) is 8.46. The van der Waals surface area contributed by atoms with Gasteiger partial charge in [0.15, 0.2) is 6.10 Å². The molecule has 0 aliphatic rings. The van der Waals surface area contributed by atoms with Gasteiger partial charge in [0.05, 0.1) is 6.61 Å². The number of phosphoric ester groups is 1. The first-order chi connectivity index (χ1) is 9.03. The van der Waals surface area contributed by atoms with Crippen molar-refractivity contribution in [3.8, 4) is 0 Å². The lowest BCUT2D eigenvalue weighted by Gasteiger charge is -2.18. The molecule has 0 aromatic carbocycles. The fraction of sp³-hybridized carbons (Fsp3) is 0.455. The summed E-state index contributed by atoms with van der Waals surface area (Å²) >= 11 is 0. The zero-order valence-electron chi connectivity index (χ0n) is 11.2. The Morgan fingerprint density at radius 3 is 2.00 bits per heavy atom. The summed E-state index contributed by atoms with van der Waals surface area (Å²) in [6.07, 6.45) is -1.17. The van der Waals surface area contributed by atoms with Crippen molar-refractivity contribution >= 4 is 19.8 Å². The molecule has 0 rings (SSSR count). The molecule has 0 aromatic rings. The van der Waals surface area contributed by atoms with Gasteiger partial charge >= 0.3 is 19.8 Å². The van der Waals surface area contributed by atoms with E-state index in [4.69, 9.17) is 19.3 Å². The first kappa shape index (κ1) is 18.5. The maximum atomic E-state index is 11.3. The summed E-state index contributed by atoms with van der Waals surface area (Å²) in [5.74, 6) is -1.52. The zero-order chi connectivity index (χ0) is 15.9. The van der Waals surface area contributed by atoms with Crippen LogP contribution in [0.1, 0.15) is 13.8 Å². The van der Waals surface area contributed by atoms with Gasteiger partial charge in [-0.05, 0) is 13.8 Å². The molecule has 2 N–H and O–H groups in total. The minimum atomic E-state index is -4.72. The Bertz CT molecular complexity index is 449. The molecule has 8 nitrogen and oxygen atoms in total. The highest BCUT2D eigenvalue weighted by atomic mass is 31.2. The smallest absolute Gasteiger partial charge is 0.458 e. The fourth-order valence-electron chi connectivity index (χ4n) is 0.840. The second-order valence-electron chi connectivity index (χ2n) is 3.97. The predicted octanol–water partition coefficient (Wildman–Crippen LogP) is 0.703. The number of carbonyl (C=O) groups is 2. The van der Waals surface area contributed by atoms with E-state index < -0.39 is 39.1 Å². The normalized spacial score (nSPS) is 12.4. The van der Waals surface area contributed by atoms with Crippen LogP contribution >= 0.6 is 7.82 Å². The van der Waals surface area contributed by atoms with Crippen LogP contribution in [0.4, 0.5) is 0 Å². The highest BCUT2D eigenvalue weighted by molar-refractivity contribution is 7.46. The van der Waals surface area contributed by atoms with E-state index in [1.807, 2.05) is 0 Å². The van der Waals surface area contributed by atoms with E-state index in [9.17, 15) is 14.2 Å². The van der Waals surface area contributed by atoms with Gasteiger partial charge in [-0.1, -0.05) is 13.2 Å². The highest BCUT2D eigenvalue weighted by Gasteiger charge is 2.23. The van der Waals surface area contributed by atoms with E-state index in [-0.39, 0.29) is 11.1 Å². The van der Waals surface area contributed by atoms with Crippen LogP contribution in [-0.4, -0.2) is 41.0 Å². The lowest BCUT2D eigenvalue weighted by molar-refractivity contribution is -0.155. The average molecular weight is 308 g/mol. The number of carbonyl (C=O) groups excluding carboxylic acids is 2. The van der Waals surface area contributed by atoms with Crippen LogP contribution in [0.5, 0.6) is 0 Å². The van der Waals surface area contributed by atoms with Gasteiger partial charge in [0, 0.05) is 11.1 Å². The summed E-state index contributed by atoms with van der Waals surface area (Å²) in [6, 6.07) is 0. The molecule has 0 aliphatic carbocycles. The Morgan fingerprint density at radius 2 is 1.60 bits per heavy atom. The predicted molar refractivity (Wildman–Crippen MR) is 68.5 cm³/mol. The molecule has 0 spiro atoms. The van der Waals surface area contributed by atoms with E-state index in [0.29, 0.717) is 0 Å². The molecular formula is C11H17O8P. The van der Waals surface area contributed by atoms with Crippen LogP contribution in [-0.2, 0) is 28.2 Å². The third-order valence-corrected chi connectivity index (χ3v) is 2.28. The molecule has 0 radical (unpaired) electrons. The largest absolute Gasteiger partial charge is 0.469 e. The average Bonchev–Trinajstić information content (AvgIpc) is 2.30. The maximum Gasteiger partial charge on any atom is 0.469 e. The van der Waals surface area contributed by atoms with Crippen molar-refractivity contribution in [1.82, 2.24) is 0 Å². The molecule has 0 bridgehead atoms. The van der Waals surface area contributed by atoms with E-state index in [2.05, 4.69) is 17.7 Å². The number of esters is 2. The molecular weight excluding hydrogens is 291 g/mol. The second kappa shape index (κ2) is 7.96. The minimum absolute atomic E-state index is 0.0809. The highest BCUT2D eigenvalue weighted by Crippen LogP contribution is 2.35. The minimum Gasteiger partial charge on any atom is -0.458 e. The van der Waals surface area contributed by atoms with Crippen molar-refractivity contribution in [2.24, 2.45) is 0 Å². The van der Waals surface area contributed by atoms with Crippen LogP contribution < -0.4 is 0 Å². The number of rotatable bonds is 8. The molecule has 114 valence electrons. The molecule has 20 heavy (non-hydrogen) atoms. The monoisotopic (exact) mass is 308 g/mol. The number of ether oxygens (including phenoxy) is 2. The van der Waals surface area contributed by atoms with Gasteiger partial charge < -0.3 is 19.3 Å². The van der Waals surface area contributed by atoms with E-state index in [0.717, 1.165) is 0 Å². The van der Waals surface area contributed by atoms with Crippen molar-refractivity contribution in [2.75, 3.05) is 13.2 Å². The Hall–Kier alpha value is -1.47. The summed E-state index contributed by atoms with van der Waals surface area (Å²) < 4.78 is 24.4. The molecule has 0 heterocycles. The molecule has 1 unspecified atom stereocenters. The summed E-state index contributed by atoms with van der Waals surface area (Å²) in [5.41, 5.74) is 0.211. The fourth-order valence-corrected chi connectivity index (χ4v) is 1.20. The second-order valence-corrected chi connectivity index (χ2v) is 5.21. The van der Waals surface area contributed by atoms with Crippen LogP contribution in [0.25, 0.3) is 0 Å². The topological polar surface area (TPSA) is 119 Å². The summed E-state index contributed by atoms with van der Waals surface area (Å²) in [4.78, 5) is 39.7. The first-order valence-electron chi connectivity index (χ1n) is 5.42. The van der Waals surface area contributed by atoms with E-state index in [1.54, 1.807) is 0 Å². The van der Waals surface area contributed by atoms with Gasteiger partial charge in [0.25, 0.3) is 0 Å². The van der Waals surface area contributed by atoms with Crippen molar-refractivity contribution < 1.29 is 37.9 Å². The maximum absolute atomic E-state index is 11.3. The Morgan fingerprint density at radius 1 is 1.10 bits per heavy atom. The van der Waals surface area contributed by atoms with Crippen molar-refractivity contribution in [2.45, 2.75) is 20.0 Å². The number of hydrogen-bond acceptors (Lipinski definition) is 6. The lowest BCUT2D eigenvalue weighted by atomic mass is 10.3. The first-order valence-corrected chi connectivity index (χ1v) is 6.95. The number of hydrogen-bond donors (Lipinski definition) is 2. The molecule has 0 aliphatic heterocycles. The standard InChI is InChI=1S/C11H17O8P/c1-7(2)10(12)17-5-9(6-18-20(14,15)16)19-11(13)8(3)4/h9H,1,3,5-6H2,2,4H3,(H2,14,15,16). The molecule has 0 saturated carbocycles. The van der Waals surface area contributed by atoms with Crippen molar-refractivity contribution in [3.63, 3.8) is 0 Å². The lowest BCUT2D eigenvalue weighted by Crippen LogP contribution is -2.29. The Kier molecular flexibility index (Phi) is 7.38. The van der Waals surface area contributed by atoms with E-state index >= 15 is 0 Å². The van der Waals surface area contributed by atoms with Gasteiger partial charge in [-0.15, -0.1) is 0 Å². The molecule has 0 saturated heterocycles. The molecule has 1 atom stereocenters. The SMILES string of the molecule is C=C(C)C(=O)OCC(COP(=O)(O)O)OC(=O)C(=C)C. The van der Waals surface area contributed by atoms with Gasteiger partial charge in [0.1, 0.15) is 6.61 Å². The Balaban J connectivity index is 4.57. The van der Waals surface area contributed by atoms with Gasteiger partial charge in [0.2, 0.25) is 0 Å². The third-order valence-electron chi connectivity index (χ3n) is 1.80. The zero-order valence-corrected chi connectivity index (χ0v) is 12.1. The van der Waals surface area contributed by atoms with E-state index in [1.165, 1.54) is 13.8 Å². The van der Waals surface area contributed by atoms with Crippen molar-refractivity contribution in [3.05, 3.63) is 24.3 Å². The number of phosphoric acid groups is 1. The van der Waals surface area contributed by atoms with Crippen molar-refractivity contribution in [1.29, 1.82) is 0 Å². The van der Waals surface area contributed by atoms with Gasteiger partial charge in [-0.25, -0.2) is 14.2 Å². The summed E-state index contributed by atoms with van der Waals surface area (Å²) in [5, 5.41) is 0. The third kappa shape index (κ3) is 8.60. The summed E-state index contributed by atoms with van der Waals surface area (Å²) in [7, 11) is -4.72. The molecule has 9 heteroatoms. The van der Waals surface area contributed by atoms with Crippen LogP contribution in [0.15, 0.2) is 24.3 Å².